The molecule has 1 aliphatic heterocycles. The fraction of sp³-hybridized carbons (Fsp3) is 0.308. The molecule has 0 radical (unpaired) electrons. The highest BCUT2D eigenvalue weighted by molar-refractivity contribution is 5.95. The Labute approximate surface area is 114 Å². The minimum Gasteiger partial charge on any atom is -0.480 e. The van der Waals surface area contributed by atoms with Crippen molar-refractivity contribution in [1.82, 2.24) is 5.32 Å². The van der Waals surface area contributed by atoms with Crippen LogP contribution in [0.2, 0.25) is 0 Å². The van der Waals surface area contributed by atoms with Gasteiger partial charge in [-0.1, -0.05) is 18.2 Å². The van der Waals surface area contributed by atoms with Crippen LogP contribution >= 0.6 is 0 Å². The number of carbonyl (C=O) groups is 3. The molecule has 1 aromatic rings. The summed E-state index contributed by atoms with van der Waals surface area (Å²) < 4.78 is 5.07. The zero-order chi connectivity index (χ0) is 14.7. The molecule has 0 saturated heterocycles. The van der Waals surface area contributed by atoms with Gasteiger partial charge in [0.2, 0.25) is 5.91 Å². The van der Waals surface area contributed by atoms with E-state index in [0.717, 1.165) is 0 Å². The summed E-state index contributed by atoms with van der Waals surface area (Å²) >= 11 is 0. The van der Waals surface area contributed by atoms with Gasteiger partial charge in [-0.15, -0.1) is 0 Å². The molecule has 0 aliphatic carbocycles. The number of carbonyl (C=O) groups excluding carboxylic acids is 2. The monoisotopic (exact) mass is 279 g/mol. The average Bonchev–Trinajstić information content (AvgIpc) is 2.73. The Kier molecular flexibility index (Phi) is 3.99. The summed E-state index contributed by atoms with van der Waals surface area (Å²) in [5.74, 6) is -2.44. The summed E-state index contributed by atoms with van der Waals surface area (Å²) in [5.41, 5.74) is 1.01. The molecule has 1 heterocycles. The van der Waals surface area contributed by atoms with Gasteiger partial charge < -0.3 is 20.3 Å². The lowest BCUT2D eigenvalue weighted by Gasteiger charge is -2.14. The van der Waals surface area contributed by atoms with Crippen molar-refractivity contribution in [3.8, 4) is 0 Å². The third-order valence-corrected chi connectivity index (χ3v) is 2.96. The van der Waals surface area contributed by atoms with Crippen molar-refractivity contribution >= 4 is 17.8 Å². The number of aliphatic carboxylic acids is 1. The van der Waals surface area contributed by atoms with Crippen LogP contribution in [0.25, 0.3) is 0 Å². The van der Waals surface area contributed by atoms with Crippen LogP contribution in [-0.2, 0) is 14.3 Å². The quantitative estimate of drug-likeness (QED) is 0.646. The van der Waals surface area contributed by atoms with Gasteiger partial charge in [0.15, 0.2) is 0 Å². The van der Waals surface area contributed by atoms with Gasteiger partial charge in [-0.05, 0) is 6.07 Å². The molecular formula is C13H13NO6. The van der Waals surface area contributed by atoms with Gasteiger partial charge in [0.25, 0.3) is 0 Å². The lowest BCUT2D eigenvalue weighted by molar-refractivity contribution is -0.143. The zero-order valence-electron chi connectivity index (χ0n) is 10.4. The summed E-state index contributed by atoms with van der Waals surface area (Å²) in [6.45, 7) is -0.706. The second kappa shape index (κ2) is 5.70. The number of amides is 1. The van der Waals surface area contributed by atoms with E-state index in [9.17, 15) is 14.4 Å². The Morgan fingerprint density at radius 1 is 1.35 bits per heavy atom. The third-order valence-electron chi connectivity index (χ3n) is 2.96. The van der Waals surface area contributed by atoms with Crippen molar-refractivity contribution in [1.29, 1.82) is 0 Å². The number of esters is 1. The maximum Gasteiger partial charge on any atom is 0.339 e. The van der Waals surface area contributed by atoms with Crippen molar-refractivity contribution in [3.05, 3.63) is 35.4 Å². The molecule has 20 heavy (non-hydrogen) atoms. The highest BCUT2D eigenvalue weighted by Crippen LogP contribution is 2.32. The first-order valence-electron chi connectivity index (χ1n) is 5.96. The largest absolute Gasteiger partial charge is 0.480 e. The fourth-order valence-electron chi connectivity index (χ4n) is 1.98. The lowest BCUT2D eigenvalue weighted by Crippen LogP contribution is -2.43. The second-order valence-electron chi connectivity index (χ2n) is 4.33. The summed E-state index contributed by atoms with van der Waals surface area (Å²) in [4.78, 5) is 34.0. The van der Waals surface area contributed by atoms with Gasteiger partial charge in [0, 0.05) is 5.56 Å². The highest BCUT2D eigenvalue weighted by Gasteiger charge is 2.32. The van der Waals surface area contributed by atoms with Gasteiger partial charge in [0.05, 0.1) is 18.6 Å². The Morgan fingerprint density at radius 2 is 2.05 bits per heavy atom. The van der Waals surface area contributed by atoms with Crippen LogP contribution in [-0.4, -0.2) is 40.7 Å². The van der Waals surface area contributed by atoms with E-state index in [4.69, 9.17) is 14.9 Å². The van der Waals surface area contributed by atoms with Crippen LogP contribution in [0.5, 0.6) is 0 Å². The first-order valence-corrected chi connectivity index (χ1v) is 5.96. The number of fused-ring (bicyclic) bond motifs is 1. The van der Waals surface area contributed by atoms with Crippen LogP contribution in [0.1, 0.15) is 28.4 Å². The predicted octanol–water partition coefficient (Wildman–Crippen LogP) is -0.150. The lowest BCUT2D eigenvalue weighted by atomic mass is 10.0. The molecule has 0 spiro atoms. The summed E-state index contributed by atoms with van der Waals surface area (Å²) in [6, 6.07) is 5.33. The number of cyclic esters (lactones) is 1. The van der Waals surface area contributed by atoms with Crippen molar-refractivity contribution in [2.45, 2.75) is 18.6 Å². The van der Waals surface area contributed by atoms with E-state index in [-0.39, 0.29) is 6.42 Å². The van der Waals surface area contributed by atoms with Crippen molar-refractivity contribution in [3.63, 3.8) is 0 Å². The van der Waals surface area contributed by atoms with Crippen LogP contribution in [0, 0.1) is 0 Å². The van der Waals surface area contributed by atoms with Crippen molar-refractivity contribution in [2.24, 2.45) is 0 Å². The maximum atomic E-state index is 11.7. The number of nitrogens with one attached hydrogen (secondary N) is 1. The minimum absolute atomic E-state index is 0.188. The van der Waals surface area contributed by atoms with Crippen LogP contribution in [0.4, 0.5) is 0 Å². The van der Waals surface area contributed by atoms with Gasteiger partial charge >= 0.3 is 11.9 Å². The number of benzene rings is 1. The molecule has 2 rings (SSSR count). The van der Waals surface area contributed by atoms with Gasteiger partial charge in [-0.2, -0.15) is 0 Å². The number of carboxylic acids is 1. The van der Waals surface area contributed by atoms with Crippen molar-refractivity contribution < 1.29 is 29.3 Å². The second-order valence-corrected chi connectivity index (χ2v) is 4.33. The molecule has 106 valence electrons. The van der Waals surface area contributed by atoms with E-state index in [0.29, 0.717) is 11.1 Å². The van der Waals surface area contributed by atoms with Gasteiger partial charge in [-0.25, -0.2) is 9.59 Å². The van der Waals surface area contributed by atoms with Crippen LogP contribution < -0.4 is 5.32 Å². The van der Waals surface area contributed by atoms with E-state index in [1.165, 1.54) is 0 Å². The molecule has 1 aliphatic rings. The predicted molar refractivity (Wildman–Crippen MR) is 65.9 cm³/mol. The summed E-state index contributed by atoms with van der Waals surface area (Å²) in [6.07, 6.45) is -0.918. The molecule has 0 bridgehead atoms. The number of aliphatic hydroxyl groups is 1. The van der Waals surface area contributed by atoms with Gasteiger partial charge in [-0.3, -0.25) is 4.79 Å². The van der Waals surface area contributed by atoms with Crippen molar-refractivity contribution in [2.75, 3.05) is 6.61 Å². The maximum absolute atomic E-state index is 11.7. The third kappa shape index (κ3) is 2.77. The van der Waals surface area contributed by atoms with Gasteiger partial charge in [0.1, 0.15) is 12.1 Å². The summed E-state index contributed by atoms with van der Waals surface area (Å²) in [7, 11) is 0. The molecular weight excluding hydrogens is 266 g/mol. The normalized spacial score (nSPS) is 18.1. The zero-order valence-corrected chi connectivity index (χ0v) is 10.4. The average molecular weight is 279 g/mol. The number of hydrogen-bond donors (Lipinski definition) is 3. The Bertz CT molecular complexity index is 556. The van der Waals surface area contributed by atoms with E-state index in [2.05, 4.69) is 5.32 Å². The molecule has 0 aromatic heterocycles. The molecule has 0 saturated carbocycles. The SMILES string of the molecule is O=C(CC1OC(=O)c2ccccc21)NC(CO)C(=O)O. The Morgan fingerprint density at radius 3 is 2.70 bits per heavy atom. The topological polar surface area (TPSA) is 113 Å². The molecule has 1 amide bonds. The summed E-state index contributed by atoms with van der Waals surface area (Å²) in [5, 5.41) is 19.7. The first-order chi connectivity index (χ1) is 9.52. The molecule has 7 nitrogen and oxygen atoms in total. The molecule has 2 unspecified atom stereocenters. The first kappa shape index (κ1) is 14.0. The number of carboxylic acid groups (broad SMARTS) is 1. The fourth-order valence-corrected chi connectivity index (χ4v) is 1.98. The number of hydrogen-bond acceptors (Lipinski definition) is 5. The molecule has 7 heteroatoms. The van der Waals surface area contributed by atoms with E-state index >= 15 is 0 Å². The minimum atomic E-state index is -1.37. The molecule has 0 fully saturated rings. The molecule has 3 N–H and O–H groups in total. The van der Waals surface area contributed by atoms with E-state index < -0.39 is 36.6 Å². The Balaban J connectivity index is 2.03. The smallest absolute Gasteiger partial charge is 0.339 e. The van der Waals surface area contributed by atoms with E-state index in [1.807, 2.05) is 0 Å². The molecule has 2 atom stereocenters. The number of rotatable bonds is 5. The Hall–Kier alpha value is -2.41. The molecule has 1 aromatic carbocycles. The standard InChI is InChI=1S/C13H13NO6/c15-6-9(12(17)18)14-11(16)5-10-7-3-1-2-4-8(7)13(19)20-10/h1-4,9-10,15H,5-6H2,(H,14,16)(H,17,18). The van der Waals surface area contributed by atoms with E-state index in [1.54, 1.807) is 24.3 Å². The number of ether oxygens (including phenoxy) is 1. The number of aliphatic hydroxyl groups excluding tert-OH is 1. The van der Waals surface area contributed by atoms with Crippen LogP contribution in [0.15, 0.2) is 24.3 Å². The van der Waals surface area contributed by atoms with Crippen LogP contribution in [0.3, 0.4) is 0 Å². The highest BCUT2D eigenvalue weighted by atomic mass is 16.5.